The van der Waals surface area contributed by atoms with Crippen LogP contribution in [0.5, 0.6) is 0 Å². The van der Waals surface area contributed by atoms with Crippen molar-refractivity contribution in [1.29, 1.82) is 0 Å². The number of carbonyl (C=O) groups is 3. The van der Waals surface area contributed by atoms with E-state index in [-0.39, 0.29) is 31.6 Å². The predicted molar refractivity (Wildman–Crippen MR) is 339 cm³/mol. The van der Waals surface area contributed by atoms with Gasteiger partial charge in [-0.25, -0.2) is 0 Å². The molecule has 0 aliphatic heterocycles. The molecule has 0 spiro atoms. The lowest BCUT2D eigenvalue weighted by Gasteiger charge is -2.18. The molecular weight excluding hydrogens is 961 g/mol. The summed E-state index contributed by atoms with van der Waals surface area (Å²) in [7, 11) is 0. The zero-order chi connectivity index (χ0) is 56.4. The highest BCUT2D eigenvalue weighted by atomic mass is 16.6. The van der Waals surface area contributed by atoms with Gasteiger partial charge in [0, 0.05) is 19.3 Å². The van der Waals surface area contributed by atoms with E-state index in [1.54, 1.807) is 0 Å². The van der Waals surface area contributed by atoms with Gasteiger partial charge in [0.15, 0.2) is 6.10 Å². The minimum Gasteiger partial charge on any atom is -0.462 e. The number of hydrogen-bond donors (Lipinski definition) is 0. The van der Waals surface area contributed by atoms with Gasteiger partial charge >= 0.3 is 17.9 Å². The van der Waals surface area contributed by atoms with Gasteiger partial charge in [-0.2, -0.15) is 0 Å². The van der Waals surface area contributed by atoms with Crippen molar-refractivity contribution in [1.82, 2.24) is 0 Å². The van der Waals surface area contributed by atoms with Crippen LogP contribution in [-0.4, -0.2) is 37.2 Å². The normalized spacial score (nSPS) is 12.8. The molecule has 1 unspecified atom stereocenters. The summed E-state index contributed by atoms with van der Waals surface area (Å²) in [5.41, 5.74) is 0. The Kier molecular flexibility index (Phi) is 62.3. The van der Waals surface area contributed by atoms with Crippen LogP contribution in [0.25, 0.3) is 0 Å². The fraction of sp³-hybridized carbons (Fsp3) is 0.708. The zero-order valence-electron chi connectivity index (χ0n) is 51.2. The van der Waals surface area contributed by atoms with Crippen LogP contribution in [0, 0.1) is 0 Å². The summed E-state index contributed by atoms with van der Waals surface area (Å²) in [5, 5.41) is 0. The molecule has 0 aliphatic rings. The lowest BCUT2D eigenvalue weighted by Crippen LogP contribution is -2.30. The van der Waals surface area contributed by atoms with Crippen LogP contribution in [-0.2, 0) is 28.6 Å². The fourth-order valence-corrected chi connectivity index (χ4v) is 9.19. The van der Waals surface area contributed by atoms with Crippen molar-refractivity contribution in [3.63, 3.8) is 0 Å². The highest BCUT2D eigenvalue weighted by molar-refractivity contribution is 5.71. The lowest BCUT2D eigenvalue weighted by molar-refractivity contribution is -0.166. The first-order valence-corrected chi connectivity index (χ1v) is 32.9. The molecule has 0 aromatic rings. The maximum absolute atomic E-state index is 12.9. The maximum Gasteiger partial charge on any atom is 0.306 e. The average molecular weight is 1080 g/mol. The van der Waals surface area contributed by atoms with Crippen molar-refractivity contribution in [2.45, 2.75) is 316 Å². The molecule has 78 heavy (non-hydrogen) atoms. The van der Waals surface area contributed by atoms with Crippen LogP contribution in [0.4, 0.5) is 0 Å². The highest BCUT2D eigenvalue weighted by Gasteiger charge is 2.19. The molecule has 6 nitrogen and oxygen atoms in total. The summed E-state index contributed by atoms with van der Waals surface area (Å²) in [6.45, 7) is 6.35. The Balaban J connectivity index is 4.33. The van der Waals surface area contributed by atoms with Crippen LogP contribution < -0.4 is 0 Å². The summed E-state index contributed by atoms with van der Waals surface area (Å²) >= 11 is 0. The van der Waals surface area contributed by atoms with Crippen molar-refractivity contribution in [2.24, 2.45) is 0 Å². The van der Waals surface area contributed by atoms with Crippen molar-refractivity contribution >= 4 is 17.9 Å². The van der Waals surface area contributed by atoms with Crippen LogP contribution >= 0.6 is 0 Å². The third-order valence-electron chi connectivity index (χ3n) is 14.0. The Hall–Kier alpha value is -3.93. The van der Waals surface area contributed by atoms with E-state index in [1.165, 1.54) is 161 Å². The van der Waals surface area contributed by atoms with Crippen molar-refractivity contribution in [3.05, 3.63) is 109 Å². The topological polar surface area (TPSA) is 78.9 Å². The zero-order valence-corrected chi connectivity index (χ0v) is 51.2. The van der Waals surface area contributed by atoms with E-state index >= 15 is 0 Å². The minimum atomic E-state index is -0.832. The minimum absolute atomic E-state index is 0.117. The van der Waals surface area contributed by atoms with E-state index in [9.17, 15) is 14.4 Å². The molecule has 0 aliphatic carbocycles. The molecule has 0 aromatic carbocycles. The maximum atomic E-state index is 12.9. The van der Waals surface area contributed by atoms with E-state index in [2.05, 4.69) is 124 Å². The second-order valence-corrected chi connectivity index (χ2v) is 21.6. The van der Waals surface area contributed by atoms with Crippen LogP contribution in [0.1, 0.15) is 310 Å². The Morgan fingerprint density at radius 1 is 0.269 bits per heavy atom. The molecule has 0 heterocycles. The summed E-state index contributed by atoms with van der Waals surface area (Å²) in [5.74, 6) is -1.03. The number of esters is 3. The van der Waals surface area contributed by atoms with Crippen LogP contribution in [0.3, 0.4) is 0 Å². The second kappa shape index (κ2) is 65.6. The molecule has 0 fully saturated rings. The van der Waals surface area contributed by atoms with Crippen LogP contribution in [0.2, 0.25) is 0 Å². The molecule has 0 radical (unpaired) electrons. The molecule has 446 valence electrons. The standard InChI is InChI=1S/C72H122O6/c1-4-7-10-13-16-19-22-25-27-29-31-32-33-34-35-36-37-38-39-41-42-44-47-50-53-56-59-62-65-71(74)77-68-69(67-76-70(73)64-61-58-55-52-49-46-24-21-18-15-12-9-6-3)78-72(75)66-63-60-57-54-51-48-45-43-40-30-28-26-23-20-17-14-11-8-5-2/h8-9,11-12,17-18,20-21,26,28,40,43,46,48-49,51,57,60,69H,4-7,10,13-16,19,22-25,27,29-39,41-42,44-45,47,50,52-56,58-59,61-68H2,1-3H3/b11-8-,12-9-,20-17-,21-18-,28-26-,43-40-,49-46-,51-48-,60-57-. The largest absolute Gasteiger partial charge is 0.462 e. The monoisotopic (exact) mass is 1080 g/mol. The van der Waals surface area contributed by atoms with Gasteiger partial charge in [0.05, 0.1) is 0 Å². The Morgan fingerprint density at radius 2 is 0.526 bits per heavy atom. The van der Waals surface area contributed by atoms with Gasteiger partial charge in [0.1, 0.15) is 13.2 Å². The van der Waals surface area contributed by atoms with Crippen molar-refractivity contribution < 1.29 is 28.6 Å². The van der Waals surface area contributed by atoms with E-state index in [1.807, 2.05) is 6.08 Å². The van der Waals surface area contributed by atoms with E-state index < -0.39 is 12.1 Å². The quantitative estimate of drug-likeness (QED) is 0.0261. The van der Waals surface area contributed by atoms with E-state index in [4.69, 9.17) is 14.2 Å². The van der Waals surface area contributed by atoms with Crippen LogP contribution in [0.15, 0.2) is 109 Å². The molecule has 0 amide bonds. The molecule has 0 saturated heterocycles. The lowest BCUT2D eigenvalue weighted by atomic mass is 10.0. The number of allylic oxidation sites excluding steroid dienone is 18. The van der Waals surface area contributed by atoms with Gasteiger partial charge in [-0.15, -0.1) is 0 Å². The van der Waals surface area contributed by atoms with Gasteiger partial charge in [-0.3, -0.25) is 14.4 Å². The molecule has 1 atom stereocenters. The second-order valence-electron chi connectivity index (χ2n) is 21.6. The van der Waals surface area contributed by atoms with Gasteiger partial charge in [-0.05, 0) is 89.9 Å². The number of hydrogen-bond acceptors (Lipinski definition) is 6. The number of unbranched alkanes of at least 4 members (excludes halogenated alkanes) is 30. The van der Waals surface area contributed by atoms with Crippen molar-refractivity contribution in [3.8, 4) is 0 Å². The third-order valence-corrected chi connectivity index (χ3v) is 14.0. The van der Waals surface area contributed by atoms with Gasteiger partial charge in [-0.1, -0.05) is 310 Å². The number of ether oxygens (including phenoxy) is 3. The third kappa shape index (κ3) is 62.9. The van der Waals surface area contributed by atoms with Crippen molar-refractivity contribution in [2.75, 3.05) is 13.2 Å². The summed E-state index contributed by atoms with van der Waals surface area (Å²) < 4.78 is 16.8. The molecule has 0 bridgehead atoms. The first kappa shape index (κ1) is 74.1. The van der Waals surface area contributed by atoms with Gasteiger partial charge in [0.2, 0.25) is 0 Å². The van der Waals surface area contributed by atoms with Gasteiger partial charge < -0.3 is 14.2 Å². The Bertz CT molecular complexity index is 1570. The van der Waals surface area contributed by atoms with E-state index in [0.29, 0.717) is 19.3 Å². The fourth-order valence-electron chi connectivity index (χ4n) is 9.19. The summed E-state index contributed by atoms with van der Waals surface area (Å²) in [6, 6.07) is 0. The SMILES string of the molecule is CC/C=C\C/C=C\C/C=C\C/C=C\C/C=C\C/C=C\CCC(=O)OC(COC(=O)CCCCC/C=C\C/C=C\C/C=C\CC)COC(=O)CCCCCCCCCCCCCCCCCCCCCCCCCCCCCC. The van der Waals surface area contributed by atoms with E-state index in [0.717, 1.165) is 103 Å². The summed E-state index contributed by atoms with van der Waals surface area (Å²) in [4.78, 5) is 38.2. The predicted octanol–water partition coefficient (Wildman–Crippen LogP) is 22.6. The Labute approximate surface area is 482 Å². The summed E-state index contributed by atoms with van der Waals surface area (Å²) in [6.07, 6.45) is 90.0. The molecular formula is C72H122O6. The van der Waals surface area contributed by atoms with Gasteiger partial charge in [0.25, 0.3) is 0 Å². The number of carbonyl (C=O) groups excluding carboxylic acids is 3. The smallest absolute Gasteiger partial charge is 0.306 e. The first-order chi connectivity index (χ1) is 38.5. The molecule has 0 aromatic heterocycles. The average Bonchev–Trinajstić information content (AvgIpc) is 3.44. The highest BCUT2D eigenvalue weighted by Crippen LogP contribution is 2.17. The Morgan fingerprint density at radius 3 is 0.833 bits per heavy atom. The number of rotatable bonds is 59. The molecule has 0 saturated carbocycles. The molecule has 0 N–H and O–H groups in total. The molecule has 0 rings (SSSR count). The molecule has 6 heteroatoms. The first-order valence-electron chi connectivity index (χ1n) is 32.9.